The Balaban J connectivity index is 0.000000180. The molecule has 0 unspecified atom stereocenters. The third-order valence-electron chi connectivity index (χ3n) is 11.7. The van der Waals surface area contributed by atoms with Crippen molar-refractivity contribution < 1.29 is 28.8 Å². The number of carbonyl (C=O) groups excluding carboxylic acids is 6. The number of nitrogens with zero attached hydrogens (tertiary/aromatic N) is 4. The van der Waals surface area contributed by atoms with Crippen LogP contribution in [0.5, 0.6) is 0 Å². The van der Waals surface area contributed by atoms with E-state index in [2.05, 4.69) is 31.5 Å². The summed E-state index contributed by atoms with van der Waals surface area (Å²) in [6, 6.07) is 24.2. The lowest BCUT2D eigenvalue weighted by atomic mass is 10.0. The van der Waals surface area contributed by atoms with Gasteiger partial charge >= 0.3 is 0 Å². The van der Waals surface area contributed by atoms with Crippen LogP contribution in [0.1, 0.15) is 130 Å². The molecule has 0 aliphatic heterocycles. The molecule has 66 heavy (non-hydrogen) atoms. The fourth-order valence-electron chi connectivity index (χ4n) is 7.24. The Hall–Kier alpha value is -7.88. The van der Waals surface area contributed by atoms with Crippen LogP contribution < -0.4 is 32.7 Å². The van der Waals surface area contributed by atoms with Gasteiger partial charge in [0.25, 0.3) is 23.6 Å². The number of hydrogen-bond acceptors (Lipinski definition) is 10. The maximum absolute atomic E-state index is 13.2. The van der Waals surface area contributed by atoms with Gasteiger partial charge in [0.1, 0.15) is 11.6 Å². The second-order valence-electron chi connectivity index (χ2n) is 17.0. The van der Waals surface area contributed by atoms with E-state index in [0.29, 0.717) is 63.8 Å². The smallest absolute Gasteiger partial charge is 0.251 e. The lowest BCUT2D eigenvalue weighted by molar-refractivity contribution is 0.0942. The Bertz CT molecular complexity index is 2890. The maximum atomic E-state index is 13.2. The normalized spacial score (nSPS) is 14.0. The highest BCUT2D eigenvalue weighted by atomic mass is 16.2. The van der Waals surface area contributed by atoms with Crippen molar-refractivity contribution >= 4 is 46.8 Å². The first kappa shape index (κ1) is 44.7. The van der Waals surface area contributed by atoms with Crippen LogP contribution in [0.4, 0.5) is 11.6 Å². The Morgan fingerprint density at radius 3 is 1.36 bits per heavy atom. The number of amides is 4. The Kier molecular flexibility index (Phi) is 12.9. The van der Waals surface area contributed by atoms with Gasteiger partial charge in [-0.15, -0.1) is 0 Å². The van der Waals surface area contributed by atoms with Gasteiger partial charge in [0.05, 0.1) is 34.9 Å². The number of aryl methyl sites for hydroxylation is 2. The summed E-state index contributed by atoms with van der Waals surface area (Å²) in [5.74, 6) is -0.453. The second kappa shape index (κ2) is 19.1. The minimum atomic E-state index is -0.333. The van der Waals surface area contributed by atoms with Crippen molar-refractivity contribution in [2.45, 2.75) is 71.4 Å². The van der Waals surface area contributed by atoms with Crippen LogP contribution in [0.25, 0.3) is 11.4 Å². The van der Waals surface area contributed by atoms with Crippen molar-refractivity contribution in [3.63, 3.8) is 0 Å². The predicted molar refractivity (Wildman–Crippen MR) is 249 cm³/mol. The zero-order chi connectivity index (χ0) is 46.6. The molecule has 0 bridgehead atoms. The van der Waals surface area contributed by atoms with Crippen molar-refractivity contribution in [3.8, 4) is 11.4 Å². The van der Waals surface area contributed by atoms with Crippen LogP contribution in [0.3, 0.4) is 0 Å². The summed E-state index contributed by atoms with van der Waals surface area (Å²) in [4.78, 5) is 75.8. The van der Waals surface area contributed by atoms with Gasteiger partial charge in [-0.05, 0) is 125 Å². The monoisotopic (exact) mass is 888 g/mol. The van der Waals surface area contributed by atoms with E-state index < -0.39 is 0 Å². The summed E-state index contributed by atoms with van der Waals surface area (Å²) >= 11 is 0. The number of nitrogens with two attached hydrogens (primary N) is 2. The fraction of sp³-hybridized carbons (Fsp3) is 0.280. The van der Waals surface area contributed by atoms with Crippen molar-refractivity contribution in [3.05, 3.63) is 153 Å². The SMILES string of the molecule is CCNC(=O)c1cccc(C(=O)c2cnn(-c3cc(C(=O)NC4CC4)ccc3C)c2N)c1.Cc1ccc(C(=O)NC2CC2)cc1-n1ncc(C(=O)c2cccc(C(=O)NCC3CC3)c2)c1N. The van der Waals surface area contributed by atoms with Gasteiger partial charge in [-0.1, -0.05) is 36.4 Å². The number of nitrogens with one attached hydrogen (secondary N) is 4. The molecule has 6 aromatic rings. The molecule has 0 saturated heterocycles. The van der Waals surface area contributed by atoms with Crippen molar-refractivity contribution in [2.75, 3.05) is 24.6 Å². The summed E-state index contributed by atoms with van der Waals surface area (Å²) in [5, 5.41) is 20.2. The van der Waals surface area contributed by atoms with Gasteiger partial charge in [0.15, 0.2) is 11.6 Å². The minimum absolute atomic E-state index is 0.137. The molecule has 8 N–H and O–H groups in total. The molecular weight excluding hydrogens is 837 g/mol. The van der Waals surface area contributed by atoms with Crippen molar-refractivity contribution in [2.24, 2.45) is 5.92 Å². The number of aromatic nitrogens is 4. The van der Waals surface area contributed by atoms with E-state index >= 15 is 0 Å². The van der Waals surface area contributed by atoms with Crippen LogP contribution in [0.2, 0.25) is 0 Å². The predicted octanol–water partition coefficient (Wildman–Crippen LogP) is 5.66. The van der Waals surface area contributed by atoms with E-state index in [1.165, 1.54) is 27.8 Å². The molecule has 3 aliphatic carbocycles. The summed E-state index contributed by atoms with van der Waals surface area (Å²) in [5.41, 5.74) is 18.7. The molecule has 16 heteroatoms. The molecule has 3 aliphatic rings. The largest absolute Gasteiger partial charge is 0.383 e. The lowest BCUT2D eigenvalue weighted by Gasteiger charge is -2.11. The van der Waals surface area contributed by atoms with Gasteiger partial charge in [0.2, 0.25) is 0 Å². The lowest BCUT2D eigenvalue weighted by Crippen LogP contribution is -2.25. The molecule has 2 aromatic heterocycles. The third-order valence-corrected chi connectivity index (χ3v) is 11.7. The highest BCUT2D eigenvalue weighted by molar-refractivity contribution is 6.13. The number of ketones is 2. The molecule has 2 heterocycles. The average Bonchev–Trinajstić information content (AvgIpc) is 4.25. The standard InChI is InChI=1S/C26H27N5O3.C24H25N5O3/c1-15-5-8-19(26(34)30-20-9-10-20)12-22(15)31-24(27)21(14-29-31)23(32)17-3-2-4-18(11-17)25(33)28-13-16-6-7-16;1-3-26-23(31)16-6-4-5-15(11-16)21(30)19-13-27-29(22(19)25)20-12-17(8-7-14(20)2)24(32)28-18-9-10-18/h2-5,8,11-12,14,16,20H,6-7,9-10,13,27H2,1H3,(H,28,33)(H,30,34);4-8,11-13,18H,3,9-10,25H2,1-2H3,(H,26,31)(H,28,32). The van der Waals surface area contributed by atoms with Crippen LogP contribution in [-0.2, 0) is 0 Å². The van der Waals surface area contributed by atoms with Gasteiger partial charge in [-0.25, -0.2) is 9.36 Å². The maximum Gasteiger partial charge on any atom is 0.251 e. The number of benzene rings is 4. The first-order chi connectivity index (χ1) is 31.8. The third kappa shape index (κ3) is 10.2. The Morgan fingerprint density at radius 2 is 0.955 bits per heavy atom. The van der Waals surface area contributed by atoms with Crippen LogP contribution in [0, 0.1) is 19.8 Å². The van der Waals surface area contributed by atoms with E-state index in [4.69, 9.17) is 11.5 Å². The molecule has 0 atom stereocenters. The summed E-state index contributed by atoms with van der Waals surface area (Å²) < 4.78 is 2.94. The molecule has 3 fully saturated rings. The zero-order valence-corrected chi connectivity index (χ0v) is 37.0. The molecule has 16 nitrogen and oxygen atoms in total. The highest BCUT2D eigenvalue weighted by Gasteiger charge is 2.27. The topological polar surface area (TPSA) is 238 Å². The molecule has 3 saturated carbocycles. The number of nitrogen functional groups attached to an aromatic ring is 2. The van der Waals surface area contributed by atoms with Crippen LogP contribution in [0.15, 0.2) is 97.3 Å². The molecule has 9 rings (SSSR count). The van der Waals surface area contributed by atoms with Crippen LogP contribution >= 0.6 is 0 Å². The summed E-state index contributed by atoms with van der Waals surface area (Å²) in [7, 11) is 0. The fourth-order valence-corrected chi connectivity index (χ4v) is 7.24. The number of hydrogen-bond donors (Lipinski definition) is 6. The molecule has 0 radical (unpaired) electrons. The Morgan fingerprint density at radius 1 is 0.545 bits per heavy atom. The van der Waals surface area contributed by atoms with E-state index in [1.54, 1.807) is 66.7 Å². The Labute approximate surface area is 381 Å². The van der Waals surface area contributed by atoms with Gasteiger partial charge in [-0.2, -0.15) is 10.2 Å². The molecule has 0 spiro atoms. The zero-order valence-electron chi connectivity index (χ0n) is 37.0. The number of rotatable bonds is 15. The molecular formula is C50H52N10O6. The number of carbonyl (C=O) groups is 6. The molecule has 338 valence electrons. The molecule has 4 aromatic carbocycles. The van der Waals surface area contributed by atoms with E-state index in [0.717, 1.165) is 49.7 Å². The second-order valence-corrected chi connectivity index (χ2v) is 17.0. The van der Waals surface area contributed by atoms with Gasteiger partial charge in [-0.3, -0.25) is 28.8 Å². The van der Waals surface area contributed by atoms with E-state index in [9.17, 15) is 28.8 Å². The van der Waals surface area contributed by atoms with Crippen LogP contribution in [-0.4, -0.2) is 79.9 Å². The van der Waals surface area contributed by atoms with Crippen molar-refractivity contribution in [1.82, 2.24) is 40.8 Å². The number of anilines is 2. The van der Waals surface area contributed by atoms with Crippen molar-refractivity contribution in [1.29, 1.82) is 0 Å². The quantitative estimate of drug-likeness (QED) is 0.0692. The van der Waals surface area contributed by atoms with Gasteiger partial charge < -0.3 is 32.7 Å². The van der Waals surface area contributed by atoms with E-state index in [1.807, 2.05) is 32.9 Å². The van der Waals surface area contributed by atoms with E-state index in [-0.39, 0.29) is 70.0 Å². The first-order valence-corrected chi connectivity index (χ1v) is 22.2. The average molecular weight is 889 g/mol. The summed E-state index contributed by atoms with van der Waals surface area (Å²) in [6.07, 6.45) is 9.15. The first-order valence-electron chi connectivity index (χ1n) is 22.2. The molecule has 4 amide bonds. The summed E-state index contributed by atoms with van der Waals surface area (Å²) in [6.45, 7) is 6.76. The van der Waals surface area contributed by atoms with Gasteiger partial charge in [0, 0.05) is 58.6 Å². The minimum Gasteiger partial charge on any atom is -0.383 e. The highest BCUT2D eigenvalue weighted by Crippen LogP contribution is 2.29.